The molecule has 5 heteroatoms. The molecule has 1 aliphatic heterocycles. The first-order valence-electron chi connectivity index (χ1n) is 7.40. The lowest BCUT2D eigenvalue weighted by molar-refractivity contribution is 0.252. The van der Waals surface area contributed by atoms with E-state index in [1.54, 1.807) is 17.3 Å². The van der Waals surface area contributed by atoms with E-state index >= 15 is 0 Å². The number of nitrogens with zero attached hydrogens (tertiary/aromatic N) is 1. The number of aryl methyl sites for hydroxylation is 1. The minimum Gasteiger partial charge on any atom is -0.398 e. The smallest absolute Gasteiger partial charge is 0.243 e. The maximum absolute atomic E-state index is 12.9. The maximum Gasteiger partial charge on any atom is 0.243 e. The summed E-state index contributed by atoms with van der Waals surface area (Å²) >= 11 is 0. The van der Waals surface area contributed by atoms with Crippen LogP contribution in [0.5, 0.6) is 0 Å². The van der Waals surface area contributed by atoms with E-state index in [4.69, 9.17) is 5.73 Å². The highest BCUT2D eigenvalue weighted by Gasteiger charge is 2.38. The van der Waals surface area contributed by atoms with Gasteiger partial charge in [0.15, 0.2) is 0 Å². The molecule has 0 aromatic heterocycles. The van der Waals surface area contributed by atoms with Crippen LogP contribution in [-0.2, 0) is 10.0 Å². The SMILES string of the molecule is Cc1cc(N)c(C)c(S(=O)(=O)N2CCC(C(C)(C)C)C2)c1. The molecule has 1 aromatic carbocycles. The average Bonchev–Trinajstić information content (AvgIpc) is 2.83. The zero-order valence-corrected chi connectivity index (χ0v) is 14.4. The topological polar surface area (TPSA) is 63.4 Å². The summed E-state index contributed by atoms with van der Waals surface area (Å²) in [6, 6.07) is 3.54. The van der Waals surface area contributed by atoms with Gasteiger partial charge in [-0.1, -0.05) is 20.8 Å². The van der Waals surface area contributed by atoms with Crippen molar-refractivity contribution in [3.8, 4) is 0 Å². The molecule has 0 spiro atoms. The second kappa shape index (κ2) is 5.29. The summed E-state index contributed by atoms with van der Waals surface area (Å²) in [5.41, 5.74) is 8.13. The van der Waals surface area contributed by atoms with E-state index in [2.05, 4.69) is 20.8 Å². The second-order valence-corrected chi connectivity index (χ2v) is 9.10. The van der Waals surface area contributed by atoms with Crippen LogP contribution in [-0.4, -0.2) is 25.8 Å². The lowest BCUT2D eigenvalue weighted by Gasteiger charge is -2.27. The number of hydrogen-bond donors (Lipinski definition) is 1. The van der Waals surface area contributed by atoms with Gasteiger partial charge in [-0.05, 0) is 54.9 Å². The van der Waals surface area contributed by atoms with Crippen LogP contribution in [0.2, 0.25) is 0 Å². The zero-order valence-electron chi connectivity index (χ0n) is 13.6. The standard InChI is InChI=1S/C16H26N2O2S/c1-11-8-14(17)12(2)15(9-11)21(19,20)18-7-6-13(10-18)16(3,4)5/h8-9,13H,6-7,10,17H2,1-5H3. The van der Waals surface area contributed by atoms with Crippen LogP contribution in [0.25, 0.3) is 0 Å². The molecule has 1 unspecified atom stereocenters. The third kappa shape index (κ3) is 3.09. The quantitative estimate of drug-likeness (QED) is 0.854. The van der Waals surface area contributed by atoms with Gasteiger partial charge in [-0.25, -0.2) is 8.42 Å². The molecular formula is C16H26N2O2S. The molecule has 4 nitrogen and oxygen atoms in total. The number of benzene rings is 1. The van der Waals surface area contributed by atoms with Crippen molar-refractivity contribution in [1.82, 2.24) is 4.31 Å². The van der Waals surface area contributed by atoms with Gasteiger partial charge in [0, 0.05) is 18.8 Å². The molecule has 118 valence electrons. The van der Waals surface area contributed by atoms with Crippen molar-refractivity contribution in [2.45, 2.75) is 45.9 Å². The van der Waals surface area contributed by atoms with E-state index in [0.29, 0.717) is 35.2 Å². The highest BCUT2D eigenvalue weighted by atomic mass is 32.2. The third-order valence-electron chi connectivity index (χ3n) is 4.54. The van der Waals surface area contributed by atoms with Crippen LogP contribution < -0.4 is 5.73 Å². The fourth-order valence-electron chi connectivity index (χ4n) is 2.91. The average molecular weight is 310 g/mol. The van der Waals surface area contributed by atoms with Gasteiger partial charge < -0.3 is 5.73 Å². The predicted molar refractivity (Wildman–Crippen MR) is 86.6 cm³/mol. The first kappa shape index (κ1) is 16.3. The lowest BCUT2D eigenvalue weighted by Crippen LogP contribution is -2.31. The van der Waals surface area contributed by atoms with Crippen LogP contribution in [0.4, 0.5) is 5.69 Å². The molecule has 1 aliphatic rings. The van der Waals surface area contributed by atoms with Crippen LogP contribution in [0, 0.1) is 25.2 Å². The summed E-state index contributed by atoms with van der Waals surface area (Å²) in [5.74, 6) is 0.398. The molecule has 0 aliphatic carbocycles. The van der Waals surface area contributed by atoms with Crippen molar-refractivity contribution in [3.05, 3.63) is 23.3 Å². The Hall–Kier alpha value is -1.07. The molecule has 0 radical (unpaired) electrons. The summed E-state index contributed by atoms with van der Waals surface area (Å²) < 4.78 is 27.4. The van der Waals surface area contributed by atoms with Crippen molar-refractivity contribution in [1.29, 1.82) is 0 Å². The number of sulfonamides is 1. The van der Waals surface area contributed by atoms with Crippen molar-refractivity contribution < 1.29 is 8.42 Å². The van der Waals surface area contributed by atoms with Crippen LogP contribution in [0.15, 0.2) is 17.0 Å². The van der Waals surface area contributed by atoms with Crippen molar-refractivity contribution in [2.24, 2.45) is 11.3 Å². The van der Waals surface area contributed by atoms with Gasteiger partial charge in [-0.15, -0.1) is 0 Å². The van der Waals surface area contributed by atoms with Gasteiger partial charge in [0.05, 0.1) is 4.90 Å². The molecule has 1 saturated heterocycles. The summed E-state index contributed by atoms with van der Waals surface area (Å²) in [7, 11) is -3.45. The Morgan fingerprint density at radius 2 is 1.86 bits per heavy atom. The molecule has 1 aromatic rings. The molecule has 0 amide bonds. The van der Waals surface area contributed by atoms with Crippen molar-refractivity contribution >= 4 is 15.7 Å². The Morgan fingerprint density at radius 3 is 2.38 bits per heavy atom. The summed E-state index contributed by atoms with van der Waals surface area (Å²) in [5, 5.41) is 0. The molecule has 21 heavy (non-hydrogen) atoms. The van der Waals surface area contributed by atoms with Crippen molar-refractivity contribution in [2.75, 3.05) is 18.8 Å². The van der Waals surface area contributed by atoms with Gasteiger partial charge >= 0.3 is 0 Å². The number of nitrogens with two attached hydrogens (primary N) is 1. The van der Waals surface area contributed by atoms with Crippen LogP contribution in [0.1, 0.15) is 38.3 Å². The fraction of sp³-hybridized carbons (Fsp3) is 0.625. The highest BCUT2D eigenvalue weighted by molar-refractivity contribution is 7.89. The molecule has 1 fully saturated rings. The Kier molecular flexibility index (Phi) is 4.10. The lowest BCUT2D eigenvalue weighted by atomic mass is 9.80. The number of rotatable bonds is 2. The molecule has 2 N–H and O–H groups in total. The maximum atomic E-state index is 12.9. The molecule has 0 saturated carbocycles. The number of hydrogen-bond acceptors (Lipinski definition) is 3. The minimum atomic E-state index is -3.45. The Bertz CT molecular complexity index is 645. The van der Waals surface area contributed by atoms with E-state index in [9.17, 15) is 8.42 Å². The summed E-state index contributed by atoms with van der Waals surface area (Å²) in [6.07, 6.45) is 0.920. The number of anilines is 1. The van der Waals surface area contributed by atoms with E-state index in [1.165, 1.54) is 0 Å². The predicted octanol–water partition coefficient (Wildman–Crippen LogP) is 2.94. The molecule has 1 atom stereocenters. The van der Waals surface area contributed by atoms with E-state index in [-0.39, 0.29) is 5.41 Å². The van der Waals surface area contributed by atoms with Crippen LogP contribution in [0.3, 0.4) is 0 Å². The molecular weight excluding hydrogens is 284 g/mol. The van der Waals surface area contributed by atoms with E-state index < -0.39 is 10.0 Å². The largest absolute Gasteiger partial charge is 0.398 e. The van der Waals surface area contributed by atoms with Gasteiger partial charge in [0.25, 0.3) is 0 Å². The molecule has 0 bridgehead atoms. The molecule has 1 heterocycles. The summed E-state index contributed by atoms with van der Waals surface area (Å²) in [6.45, 7) is 11.4. The molecule has 2 rings (SSSR count). The van der Waals surface area contributed by atoms with E-state index in [0.717, 1.165) is 12.0 Å². The monoisotopic (exact) mass is 310 g/mol. The van der Waals surface area contributed by atoms with Crippen molar-refractivity contribution in [3.63, 3.8) is 0 Å². The Balaban J connectivity index is 2.37. The highest BCUT2D eigenvalue weighted by Crippen LogP contribution is 2.36. The van der Waals surface area contributed by atoms with Gasteiger partial charge in [0.1, 0.15) is 0 Å². The van der Waals surface area contributed by atoms with Crippen LogP contribution >= 0.6 is 0 Å². The third-order valence-corrected chi connectivity index (χ3v) is 6.53. The minimum absolute atomic E-state index is 0.130. The first-order chi connectivity index (χ1) is 9.53. The fourth-order valence-corrected chi connectivity index (χ4v) is 4.75. The van der Waals surface area contributed by atoms with E-state index in [1.807, 2.05) is 13.0 Å². The van der Waals surface area contributed by atoms with Gasteiger partial charge in [0.2, 0.25) is 10.0 Å². The Morgan fingerprint density at radius 1 is 1.24 bits per heavy atom. The Labute approximate surface area is 128 Å². The normalized spacial score (nSPS) is 20.9. The second-order valence-electron chi connectivity index (χ2n) is 7.19. The van der Waals surface area contributed by atoms with Gasteiger partial charge in [-0.2, -0.15) is 4.31 Å². The van der Waals surface area contributed by atoms with Gasteiger partial charge in [-0.3, -0.25) is 0 Å². The first-order valence-corrected chi connectivity index (χ1v) is 8.84. The zero-order chi connectivity index (χ0) is 16.0. The number of nitrogen functional groups attached to an aromatic ring is 1. The summed E-state index contributed by atoms with van der Waals surface area (Å²) in [4.78, 5) is 0.356.